The molecule has 0 unspecified atom stereocenters. The van der Waals surface area contributed by atoms with E-state index in [4.69, 9.17) is 5.11 Å². The van der Waals surface area contributed by atoms with Gasteiger partial charge >= 0.3 is 35.5 Å². The Morgan fingerprint density at radius 3 is 1.75 bits per heavy atom. The average Bonchev–Trinajstić information content (AvgIpc) is 2.37. The van der Waals surface area contributed by atoms with Crippen molar-refractivity contribution in [2.75, 3.05) is 0 Å². The van der Waals surface area contributed by atoms with Gasteiger partial charge in [0.05, 0.1) is 0 Å². The van der Waals surface area contributed by atoms with Crippen LogP contribution in [0.1, 0.15) is 93.8 Å². The molecule has 0 heterocycles. The number of carbonyl (C=O) groups is 1. The molecule has 140 valence electrons. The maximum atomic E-state index is 10.5. The molecule has 2 atom stereocenters. The van der Waals surface area contributed by atoms with E-state index in [0.717, 1.165) is 36.2 Å². The van der Waals surface area contributed by atoms with Crippen LogP contribution in [0.25, 0.3) is 0 Å². The van der Waals surface area contributed by atoms with Gasteiger partial charge in [0.1, 0.15) is 0 Å². The standard InChI is InChI=1S/C20H38O2.Na.H2O.H/c1-16(2)9-6-10-17(3)11-7-12-18(4)13-8-14-19(5)15-20(21)22;;;/h15-18H,6-14H2,1-5H3,(H,21,22);;1H2;/q;+1;;-1/b19-15+;;;/t17-,18-;;;/m1.../s1. The minimum Gasteiger partial charge on any atom is -1.00 e. The zero-order valence-corrected chi connectivity index (χ0v) is 19.0. The summed E-state index contributed by atoms with van der Waals surface area (Å²) in [7, 11) is 0. The Labute approximate surface area is 173 Å². The van der Waals surface area contributed by atoms with Gasteiger partial charge in [-0.3, -0.25) is 0 Å². The molecular formula is C20H41NaO3. The summed E-state index contributed by atoms with van der Waals surface area (Å²) in [5.41, 5.74) is 0.985. The number of hydrogen-bond acceptors (Lipinski definition) is 1. The molecule has 0 spiro atoms. The first kappa shape index (κ1) is 29.0. The molecule has 0 aromatic rings. The molecule has 3 nitrogen and oxygen atoms in total. The third-order valence-electron chi connectivity index (χ3n) is 4.51. The third-order valence-corrected chi connectivity index (χ3v) is 4.51. The summed E-state index contributed by atoms with van der Waals surface area (Å²) in [5.74, 6) is 1.65. The van der Waals surface area contributed by atoms with Crippen LogP contribution in [0.15, 0.2) is 11.6 Å². The van der Waals surface area contributed by atoms with Crippen LogP contribution in [0, 0.1) is 17.8 Å². The second-order valence-electron chi connectivity index (χ2n) is 7.69. The first-order valence-corrected chi connectivity index (χ1v) is 9.21. The van der Waals surface area contributed by atoms with E-state index in [1.54, 1.807) is 0 Å². The monoisotopic (exact) mass is 352 g/mol. The van der Waals surface area contributed by atoms with E-state index >= 15 is 0 Å². The Morgan fingerprint density at radius 1 is 0.917 bits per heavy atom. The SMILES string of the molecule is C/C(=C\C(=O)O)CCC[C@H](C)CCC[C@H](C)CCCC(C)C.O.[H-].[Na+]. The Kier molecular flexibility index (Phi) is 21.7. The number of carboxylic acids is 1. The van der Waals surface area contributed by atoms with Crippen LogP contribution in [0.5, 0.6) is 0 Å². The minimum atomic E-state index is -0.822. The molecule has 0 bridgehead atoms. The van der Waals surface area contributed by atoms with Gasteiger partial charge in [-0.25, -0.2) is 4.79 Å². The van der Waals surface area contributed by atoms with Crippen molar-refractivity contribution in [3.8, 4) is 0 Å². The molecule has 0 aliphatic heterocycles. The molecule has 0 saturated heterocycles. The summed E-state index contributed by atoms with van der Waals surface area (Å²) in [4.78, 5) is 10.5. The minimum absolute atomic E-state index is 0. The molecule has 0 aromatic carbocycles. The Balaban J connectivity index is -0.000000735. The van der Waals surface area contributed by atoms with Gasteiger partial charge in [0.15, 0.2) is 0 Å². The Hall–Kier alpha value is 0.170. The van der Waals surface area contributed by atoms with Gasteiger partial charge in [0, 0.05) is 6.08 Å². The van der Waals surface area contributed by atoms with Crippen LogP contribution in [-0.2, 0) is 4.79 Å². The molecular weight excluding hydrogens is 311 g/mol. The molecule has 0 aromatic heterocycles. The van der Waals surface area contributed by atoms with Crippen molar-refractivity contribution in [3.63, 3.8) is 0 Å². The van der Waals surface area contributed by atoms with E-state index in [0.29, 0.717) is 0 Å². The molecule has 0 saturated carbocycles. The number of allylic oxidation sites excluding steroid dienone is 1. The van der Waals surface area contributed by atoms with Crippen molar-refractivity contribution in [1.29, 1.82) is 0 Å². The van der Waals surface area contributed by atoms with Gasteiger partial charge in [0.25, 0.3) is 0 Å². The number of rotatable bonds is 13. The fraction of sp³-hybridized carbons (Fsp3) is 0.850. The molecule has 3 N–H and O–H groups in total. The second-order valence-corrected chi connectivity index (χ2v) is 7.69. The van der Waals surface area contributed by atoms with Crippen LogP contribution in [-0.4, -0.2) is 16.6 Å². The van der Waals surface area contributed by atoms with E-state index in [1.807, 2.05) is 6.92 Å². The molecule has 0 radical (unpaired) electrons. The molecule has 0 rings (SSSR count). The molecule has 0 aliphatic rings. The summed E-state index contributed by atoms with van der Waals surface area (Å²) in [6.45, 7) is 11.3. The first-order valence-electron chi connectivity index (χ1n) is 9.21. The van der Waals surface area contributed by atoms with Gasteiger partial charge in [-0.1, -0.05) is 78.2 Å². The van der Waals surface area contributed by atoms with Crippen LogP contribution < -0.4 is 29.6 Å². The van der Waals surface area contributed by atoms with Gasteiger partial charge in [0.2, 0.25) is 0 Å². The largest absolute Gasteiger partial charge is 1.00 e. The van der Waals surface area contributed by atoms with Crippen molar-refractivity contribution < 1.29 is 46.4 Å². The number of carboxylic acid groups (broad SMARTS) is 1. The quantitative estimate of drug-likeness (QED) is 0.409. The average molecular weight is 353 g/mol. The van der Waals surface area contributed by atoms with Crippen molar-refractivity contribution in [2.24, 2.45) is 17.8 Å². The summed E-state index contributed by atoms with van der Waals surface area (Å²) in [6, 6.07) is 0. The zero-order valence-electron chi connectivity index (χ0n) is 18.0. The summed E-state index contributed by atoms with van der Waals surface area (Å²) < 4.78 is 0. The van der Waals surface area contributed by atoms with Crippen LogP contribution in [0.3, 0.4) is 0 Å². The first-order chi connectivity index (χ1) is 10.3. The maximum Gasteiger partial charge on any atom is 1.00 e. The fourth-order valence-corrected chi connectivity index (χ4v) is 2.99. The van der Waals surface area contributed by atoms with Gasteiger partial charge in [-0.15, -0.1) is 0 Å². The predicted octanol–water partition coefficient (Wildman–Crippen LogP) is 2.75. The van der Waals surface area contributed by atoms with E-state index in [1.165, 1.54) is 51.0 Å². The fourth-order valence-electron chi connectivity index (χ4n) is 2.99. The van der Waals surface area contributed by atoms with Gasteiger partial charge in [-0.2, -0.15) is 0 Å². The van der Waals surface area contributed by atoms with Crippen molar-refractivity contribution in [3.05, 3.63) is 11.6 Å². The molecule has 0 fully saturated rings. The Bertz CT molecular complexity index is 333. The van der Waals surface area contributed by atoms with Crippen molar-refractivity contribution >= 4 is 5.97 Å². The summed E-state index contributed by atoms with van der Waals surface area (Å²) >= 11 is 0. The number of hydrogen-bond donors (Lipinski definition) is 1. The summed E-state index contributed by atoms with van der Waals surface area (Å²) in [5, 5.41) is 8.68. The molecule has 0 aliphatic carbocycles. The normalized spacial score (nSPS) is 13.8. The topological polar surface area (TPSA) is 68.8 Å². The van der Waals surface area contributed by atoms with E-state index < -0.39 is 5.97 Å². The van der Waals surface area contributed by atoms with E-state index in [2.05, 4.69) is 27.7 Å². The second kappa shape index (κ2) is 18.0. The van der Waals surface area contributed by atoms with Crippen molar-refractivity contribution in [1.82, 2.24) is 0 Å². The predicted molar refractivity (Wildman–Crippen MR) is 101 cm³/mol. The number of aliphatic carboxylic acids is 1. The van der Waals surface area contributed by atoms with E-state index in [9.17, 15) is 4.79 Å². The molecule has 24 heavy (non-hydrogen) atoms. The maximum absolute atomic E-state index is 10.5. The Morgan fingerprint density at radius 2 is 1.33 bits per heavy atom. The molecule has 4 heteroatoms. The van der Waals surface area contributed by atoms with Crippen LogP contribution in [0.4, 0.5) is 0 Å². The molecule has 0 amide bonds. The van der Waals surface area contributed by atoms with Crippen molar-refractivity contribution in [2.45, 2.75) is 92.4 Å². The van der Waals surface area contributed by atoms with Crippen LogP contribution in [0.2, 0.25) is 0 Å². The summed E-state index contributed by atoms with van der Waals surface area (Å²) in [6.07, 6.45) is 12.7. The van der Waals surface area contributed by atoms with E-state index in [-0.39, 0.29) is 36.5 Å². The zero-order chi connectivity index (χ0) is 17.0. The third kappa shape index (κ3) is 20.2. The van der Waals surface area contributed by atoms with Gasteiger partial charge in [-0.05, 0) is 37.5 Å². The van der Waals surface area contributed by atoms with Gasteiger partial charge < -0.3 is 12.0 Å². The van der Waals surface area contributed by atoms with Crippen LogP contribution >= 0.6 is 0 Å². The smallest absolute Gasteiger partial charge is 1.00 e.